The molecule has 3 nitrogen and oxygen atoms in total. The minimum absolute atomic E-state index is 0.120. The maximum Gasteiger partial charge on any atom is 0.451 e. The average molecular weight is 298 g/mol. The molecule has 1 aliphatic heterocycles. The van der Waals surface area contributed by atoms with Crippen LogP contribution >= 0.6 is 23.4 Å². The molecule has 1 N–H and O–H groups in total. The van der Waals surface area contributed by atoms with Crippen LogP contribution < -0.4 is 5.32 Å². The summed E-state index contributed by atoms with van der Waals surface area (Å²) in [7, 11) is 0. The minimum Gasteiger partial charge on any atom is -0.369 e. The summed E-state index contributed by atoms with van der Waals surface area (Å²) in [5.74, 6) is 0.0106. The molecule has 0 aromatic carbocycles. The number of nitrogens with one attached hydrogen (secondary N) is 1. The largest absolute Gasteiger partial charge is 0.451 e. The van der Waals surface area contributed by atoms with Gasteiger partial charge in [-0.05, 0) is 18.6 Å². The summed E-state index contributed by atoms with van der Waals surface area (Å²) in [5.41, 5.74) is 0. The Balaban J connectivity index is 2.05. The van der Waals surface area contributed by atoms with Crippen LogP contribution in [-0.4, -0.2) is 27.5 Å². The molecule has 0 amide bonds. The molecule has 0 spiro atoms. The number of hydrogen-bond acceptors (Lipinski definition) is 4. The smallest absolute Gasteiger partial charge is 0.369 e. The van der Waals surface area contributed by atoms with Crippen LogP contribution in [0.2, 0.25) is 5.15 Å². The summed E-state index contributed by atoms with van der Waals surface area (Å²) >= 11 is 7.37. The van der Waals surface area contributed by atoms with Gasteiger partial charge in [0, 0.05) is 17.9 Å². The van der Waals surface area contributed by atoms with Crippen molar-refractivity contribution in [3.05, 3.63) is 17.0 Å². The quantitative estimate of drug-likeness (QED) is 0.867. The number of anilines is 1. The maximum atomic E-state index is 12.5. The van der Waals surface area contributed by atoms with Crippen molar-refractivity contribution in [2.75, 3.05) is 17.6 Å². The van der Waals surface area contributed by atoms with Gasteiger partial charge in [-0.3, -0.25) is 0 Å². The minimum atomic E-state index is -4.58. The summed E-state index contributed by atoms with van der Waals surface area (Å²) in [6.07, 6.45) is -2.36. The summed E-state index contributed by atoms with van der Waals surface area (Å²) in [6.45, 7) is 0.593. The fourth-order valence-electron chi connectivity index (χ4n) is 1.66. The van der Waals surface area contributed by atoms with Crippen LogP contribution in [0.5, 0.6) is 0 Å². The highest BCUT2D eigenvalue weighted by molar-refractivity contribution is 8.00. The van der Waals surface area contributed by atoms with Crippen LogP contribution in [0.1, 0.15) is 18.7 Å². The maximum absolute atomic E-state index is 12.5. The van der Waals surface area contributed by atoms with E-state index in [1.807, 2.05) is 11.8 Å². The number of hydrogen-bond donors (Lipinski definition) is 1. The van der Waals surface area contributed by atoms with Gasteiger partial charge < -0.3 is 5.32 Å². The van der Waals surface area contributed by atoms with Gasteiger partial charge in [-0.2, -0.15) is 24.9 Å². The molecule has 18 heavy (non-hydrogen) atoms. The van der Waals surface area contributed by atoms with Gasteiger partial charge in [0.05, 0.1) is 0 Å². The molecule has 0 bridgehead atoms. The highest BCUT2D eigenvalue weighted by Gasteiger charge is 2.35. The normalized spacial score (nSPS) is 20.1. The second kappa shape index (κ2) is 5.52. The molecular weight excluding hydrogens is 287 g/mol. The van der Waals surface area contributed by atoms with E-state index in [2.05, 4.69) is 15.3 Å². The predicted molar refractivity (Wildman–Crippen MR) is 66.0 cm³/mol. The Morgan fingerprint density at radius 2 is 2.22 bits per heavy atom. The van der Waals surface area contributed by atoms with Crippen LogP contribution in [0.4, 0.5) is 19.0 Å². The number of rotatable bonds is 3. The van der Waals surface area contributed by atoms with Gasteiger partial charge in [-0.1, -0.05) is 11.6 Å². The van der Waals surface area contributed by atoms with Crippen molar-refractivity contribution >= 4 is 29.2 Å². The van der Waals surface area contributed by atoms with Crippen molar-refractivity contribution in [3.8, 4) is 0 Å². The van der Waals surface area contributed by atoms with E-state index < -0.39 is 12.0 Å². The molecular formula is C10H11ClF3N3S. The van der Waals surface area contributed by atoms with E-state index in [1.54, 1.807) is 0 Å². The Morgan fingerprint density at radius 3 is 2.83 bits per heavy atom. The van der Waals surface area contributed by atoms with E-state index in [0.717, 1.165) is 18.6 Å². The van der Waals surface area contributed by atoms with Gasteiger partial charge in [0.2, 0.25) is 5.82 Å². The third-order valence-corrected chi connectivity index (χ3v) is 4.08. The highest BCUT2D eigenvalue weighted by atomic mass is 35.5. The van der Waals surface area contributed by atoms with Crippen molar-refractivity contribution in [3.63, 3.8) is 0 Å². The van der Waals surface area contributed by atoms with Gasteiger partial charge in [-0.25, -0.2) is 9.97 Å². The fraction of sp³-hybridized carbons (Fsp3) is 0.600. The first kappa shape index (κ1) is 13.7. The monoisotopic (exact) mass is 297 g/mol. The van der Waals surface area contributed by atoms with Crippen LogP contribution in [0.3, 0.4) is 0 Å². The number of alkyl halides is 3. The van der Waals surface area contributed by atoms with Crippen molar-refractivity contribution in [2.45, 2.75) is 24.3 Å². The van der Waals surface area contributed by atoms with E-state index in [0.29, 0.717) is 11.8 Å². The highest BCUT2D eigenvalue weighted by Crippen LogP contribution is 2.29. The van der Waals surface area contributed by atoms with Crippen molar-refractivity contribution in [2.24, 2.45) is 0 Å². The molecule has 1 atom stereocenters. The lowest BCUT2D eigenvalue weighted by Gasteiger charge is -2.12. The second-order valence-corrected chi connectivity index (χ2v) is 5.71. The molecule has 8 heteroatoms. The van der Waals surface area contributed by atoms with Crippen molar-refractivity contribution in [1.29, 1.82) is 0 Å². The van der Waals surface area contributed by atoms with E-state index >= 15 is 0 Å². The molecule has 2 heterocycles. The molecule has 1 saturated heterocycles. The number of halogens is 4. The molecule has 1 unspecified atom stereocenters. The van der Waals surface area contributed by atoms with E-state index in [-0.39, 0.29) is 11.0 Å². The standard InChI is InChI=1S/C10H11ClF3N3S/c11-7-4-8(15-5-6-2-1-3-18-6)17-9(16-7)10(12,13)14/h4,6H,1-3,5H2,(H,15,16,17). The van der Waals surface area contributed by atoms with Crippen LogP contribution in [0, 0.1) is 0 Å². The second-order valence-electron chi connectivity index (χ2n) is 3.91. The van der Waals surface area contributed by atoms with Crippen LogP contribution in [0.15, 0.2) is 6.07 Å². The molecule has 0 radical (unpaired) electrons. The average Bonchev–Trinajstić information content (AvgIpc) is 2.77. The zero-order chi connectivity index (χ0) is 13.2. The number of nitrogens with zero attached hydrogens (tertiary/aromatic N) is 2. The molecule has 100 valence electrons. The fourth-order valence-corrected chi connectivity index (χ4v) is 3.04. The summed E-state index contributed by atoms with van der Waals surface area (Å²) < 4.78 is 37.4. The molecule has 1 aromatic rings. The Bertz CT molecular complexity index is 421. The van der Waals surface area contributed by atoms with Gasteiger partial charge in [0.1, 0.15) is 11.0 Å². The van der Waals surface area contributed by atoms with E-state index in [9.17, 15) is 13.2 Å². The zero-order valence-electron chi connectivity index (χ0n) is 9.30. The first-order valence-corrected chi connectivity index (χ1v) is 6.85. The van der Waals surface area contributed by atoms with Gasteiger partial charge in [-0.15, -0.1) is 0 Å². The Labute approximate surface area is 112 Å². The molecule has 1 aromatic heterocycles. The van der Waals surface area contributed by atoms with Gasteiger partial charge in [0.25, 0.3) is 0 Å². The molecule has 0 aliphatic carbocycles. The summed E-state index contributed by atoms with van der Waals surface area (Å²) in [5, 5.41) is 3.10. The van der Waals surface area contributed by atoms with E-state index in [4.69, 9.17) is 11.6 Å². The lowest BCUT2D eigenvalue weighted by Crippen LogP contribution is -2.17. The SMILES string of the molecule is FC(F)(F)c1nc(Cl)cc(NCC2CCCS2)n1. The first-order valence-electron chi connectivity index (χ1n) is 5.42. The van der Waals surface area contributed by atoms with Crippen molar-refractivity contribution < 1.29 is 13.2 Å². The Kier molecular flexibility index (Phi) is 4.21. The summed E-state index contributed by atoms with van der Waals surface area (Å²) in [6, 6.07) is 1.30. The predicted octanol–water partition coefficient (Wildman–Crippen LogP) is 3.46. The third kappa shape index (κ3) is 3.65. The third-order valence-electron chi connectivity index (χ3n) is 2.48. The van der Waals surface area contributed by atoms with Crippen molar-refractivity contribution in [1.82, 2.24) is 9.97 Å². The van der Waals surface area contributed by atoms with Gasteiger partial charge >= 0.3 is 6.18 Å². The Hall–Kier alpha value is -0.690. The number of aromatic nitrogens is 2. The molecule has 0 saturated carbocycles. The lowest BCUT2D eigenvalue weighted by atomic mass is 10.2. The number of thioether (sulfide) groups is 1. The summed E-state index contributed by atoms with van der Waals surface area (Å²) in [4.78, 5) is 6.59. The first-order chi connectivity index (χ1) is 8.45. The van der Waals surface area contributed by atoms with E-state index in [1.165, 1.54) is 6.07 Å². The van der Waals surface area contributed by atoms with Gasteiger partial charge in [0.15, 0.2) is 0 Å². The topological polar surface area (TPSA) is 37.8 Å². The Morgan fingerprint density at radius 1 is 1.44 bits per heavy atom. The van der Waals surface area contributed by atoms with Crippen LogP contribution in [-0.2, 0) is 6.18 Å². The molecule has 1 aliphatic rings. The van der Waals surface area contributed by atoms with Crippen LogP contribution in [0.25, 0.3) is 0 Å². The zero-order valence-corrected chi connectivity index (χ0v) is 10.9. The lowest BCUT2D eigenvalue weighted by molar-refractivity contribution is -0.144. The molecule has 1 fully saturated rings. The molecule has 2 rings (SSSR count).